The summed E-state index contributed by atoms with van der Waals surface area (Å²) in [6.45, 7) is 5.92. The predicted molar refractivity (Wildman–Crippen MR) is 97.4 cm³/mol. The van der Waals surface area contributed by atoms with E-state index in [1.54, 1.807) is 13.0 Å². The second-order valence-corrected chi connectivity index (χ2v) is 6.84. The summed E-state index contributed by atoms with van der Waals surface area (Å²) in [5.41, 5.74) is 5.99. The van der Waals surface area contributed by atoms with Gasteiger partial charge in [0.25, 0.3) is 0 Å². The summed E-state index contributed by atoms with van der Waals surface area (Å²) in [7, 11) is 0. The number of carboxylic acids is 1. The fourth-order valence-electron chi connectivity index (χ4n) is 2.85. The number of nitrogens with zero attached hydrogens (tertiary/aromatic N) is 1. The topological polar surface area (TPSA) is 45.1 Å². The first-order valence-corrected chi connectivity index (χ1v) is 8.45. The van der Waals surface area contributed by atoms with Gasteiger partial charge < -0.3 is 14.5 Å². The highest BCUT2D eigenvalue weighted by molar-refractivity contribution is 9.10. The van der Waals surface area contributed by atoms with E-state index in [0.29, 0.717) is 5.69 Å². The Balaban J connectivity index is 2.28. The van der Waals surface area contributed by atoms with Crippen LogP contribution in [0.3, 0.4) is 0 Å². The van der Waals surface area contributed by atoms with E-state index in [0.717, 1.165) is 21.4 Å². The van der Waals surface area contributed by atoms with Crippen LogP contribution < -0.4 is 5.11 Å². The van der Waals surface area contributed by atoms with Crippen molar-refractivity contribution in [2.45, 2.75) is 20.8 Å². The molecule has 3 aromatic rings. The Morgan fingerprint density at radius 3 is 2.21 bits per heavy atom. The third-order valence-electron chi connectivity index (χ3n) is 4.35. The maximum atomic E-state index is 11.5. The molecule has 0 bridgehead atoms. The highest BCUT2D eigenvalue weighted by atomic mass is 79.9. The summed E-state index contributed by atoms with van der Waals surface area (Å²) in [5, 5.41) is 11.5. The molecule has 0 unspecified atom stereocenters. The molecule has 3 nitrogen and oxygen atoms in total. The maximum absolute atomic E-state index is 11.5. The molecule has 0 aliphatic carbocycles. The first kappa shape index (κ1) is 16.5. The van der Waals surface area contributed by atoms with Gasteiger partial charge in [-0.3, -0.25) is 0 Å². The number of aryl methyl sites for hydroxylation is 2. The largest absolute Gasteiger partial charge is 0.545 e. The standard InChI is InChI=1S/C20H18BrNO2/c1-12-4-5-15(10-13(12)2)19-11-18(20(23)24)14(3)22(19)17-8-6-16(21)7-9-17/h4-11H,1-3H3,(H,23,24)/p-1. The molecule has 0 aliphatic rings. The number of carbonyl (C=O) groups excluding carboxylic acids is 1. The summed E-state index contributed by atoms with van der Waals surface area (Å²) in [6, 6.07) is 15.6. The molecule has 0 atom stereocenters. The van der Waals surface area contributed by atoms with E-state index in [1.165, 1.54) is 11.1 Å². The normalized spacial score (nSPS) is 10.8. The average molecular weight is 383 g/mol. The zero-order valence-electron chi connectivity index (χ0n) is 13.8. The van der Waals surface area contributed by atoms with Crippen molar-refractivity contribution >= 4 is 21.9 Å². The number of carbonyl (C=O) groups is 1. The fourth-order valence-corrected chi connectivity index (χ4v) is 3.11. The highest BCUT2D eigenvalue weighted by Gasteiger charge is 2.16. The van der Waals surface area contributed by atoms with Gasteiger partial charge in [-0.25, -0.2) is 0 Å². The second kappa shape index (κ2) is 6.29. The fraction of sp³-hybridized carbons (Fsp3) is 0.150. The molecule has 0 saturated heterocycles. The number of aromatic carboxylic acids is 1. The molecular formula is C20H17BrNO2-. The van der Waals surface area contributed by atoms with Crippen molar-refractivity contribution in [1.82, 2.24) is 4.57 Å². The van der Waals surface area contributed by atoms with Crippen LogP contribution in [0.25, 0.3) is 16.9 Å². The van der Waals surface area contributed by atoms with E-state index in [-0.39, 0.29) is 5.56 Å². The van der Waals surface area contributed by atoms with Gasteiger partial charge in [-0.1, -0.05) is 28.1 Å². The molecule has 0 saturated carbocycles. The molecule has 3 rings (SSSR count). The summed E-state index contributed by atoms with van der Waals surface area (Å²) >= 11 is 3.43. The van der Waals surface area contributed by atoms with Gasteiger partial charge in [-0.2, -0.15) is 0 Å². The third kappa shape index (κ3) is 2.89. The van der Waals surface area contributed by atoms with Crippen molar-refractivity contribution in [3.63, 3.8) is 0 Å². The van der Waals surface area contributed by atoms with E-state index in [1.807, 2.05) is 34.9 Å². The van der Waals surface area contributed by atoms with Crippen molar-refractivity contribution in [2.75, 3.05) is 0 Å². The molecule has 0 spiro atoms. The van der Waals surface area contributed by atoms with Gasteiger partial charge in [-0.05, 0) is 73.9 Å². The van der Waals surface area contributed by atoms with Crippen molar-refractivity contribution in [2.24, 2.45) is 0 Å². The predicted octanol–water partition coefficient (Wildman–Crippen LogP) is 4.20. The molecule has 2 aromatic carbocycles. The lowest BCUT2D eigenvalue weighted by molar-refractivity contribution is -0.255. The second-order valence-electron chi connectivity index (χ2n) is 5.93. The lowest BCUT2D eigenvalue weighted by Gasteiger charge is -2.13. The molecule has 1 aromatic heterocycles. The number of aromatic nitrogens is 1. The zero-order chi connectivity index (χ0) is 17.4. The molecule has 0 aliphatic heterocycles. The molecule has 4 heteroatoms. The Morgan fingerprint density at radius 1 is 0.958 bits per heavy atom. The Labute approximate surface area is 149 Å². The summed E-state index contributed by atoms with van der Waals surface area (Å²) < 4.78 is 2.94. The quantitative estimate of drug-likeness (QED) is 0.681. The Morgan fingerprint density at radius 2 is 1.62 bits per heavy atom. The first-order valence-electron chi connectivity index (χ1n) is 7.65. The van der Waals surface area contributed by atoms with Crippen LogP contribution in [0.5, 0.6) is 0 Å². The lowest BCUT2D eigenvalue weighted by Crippen LogP contribution is -2.22. The average Bonchev–Trinajstić information content (AvgIpc) is 2.88. The van der Waals surface area contributed by atoms with E-state index in [9.17, 15) is 9.90 Å². The van der Waals surface area contributed by atoms with Crippen LogP contribution in [0, 0.1) is 20.8 Å². The van der Waals surface area contributed by atoms with Gasteiger partial charge >= 0.3 is 0 Å². The van der Waals surface area contributed by atoms with Crippen LogP contribution in [0.2, 0.25) is 0 Å². The van der Waals surface area contributed by atoms with Gasteiger partial charge in [-0.15, -0.1) is 0 Å². The van der Waals surface area contributed by atoms with E-state index >= 15 is 0 Å². The smallest absolute Gasteiger partial charge is 0.0733 e. The van der Waals surface area contributed by atoms with Crippen LogP contribution in [-0.4, -0.2) is 10.5 Å². The SMILES string of the molecule is Cc1ccc(-c2cc(C(=O)[O-])c(C)n2-c2ccc(Br)cc2)cc1C. The summed E-state index contributed by atoms with van der Waals surface area (Å²) in [6.07, 6.45) is 0. The van der Waals surface area contributed by atoms with Crippen molar-refractivity contribution in [1.29, 1.82) is 0 Å². The van der Waals surface area contributed by atoms with Crippen molar-refractivity contribution < 1.29 is 9.90 Å². The molecule has 0 radical (unpaired) electrons. The third-order valence-corrected chi connectivity index (χ3v) is 4.88. The monoisotopic (exact) mass is 382 g/mol. The Hall–Kier alpha value is -2.33. The number of rotatable bonds is 3. The molecule has 24 heavy (non-hydrogen) atoms. The highest BCUT2D eigenvalue weighted by Crippen LogP contribution is 2.31. The Bertz CT molecular complexity index is 924. The summed E-state index contributed by atoms with van der Waals surface area (Å²) in [4.78, 5) is 11.5. The van der Waals surface area contributed by atoms with Crippen molar-refractivity contribution in [3.05, 3.63) is 75.4 Å². The zero-order valence-corrected chi connectivity index (χ0v) is 15.3. The van der Waals surface area contributed by atoms with Gasteiger partial charge in [0.15, 0.2) is 0 Å². The van der Waals surface area contributed by atoms with E-state index in [2.05, 4.69) is 41.9 Å². The number of hydrogen-bond donors (Lipinski definition) is 0. The van der Waals surface area contributed by atoms with Crippen LogP contribution >= 0.6 is 15.9 Å². The van der Waals surface area contributed by atoms with Gasteiger partial charge in [0, 0.05) is 21.4 Å². The van der Waals surface area contributed by atoms with Crippen LogP contribution in [-0.2, 0) is 0 Å². The molecule has 122 valence electrons. The first-order chi connectivity index (χ1) is 11.4. The Kier molecular flexibility index (Phi) is 4.33. The van der Waals surface area contributed by atoms with E-state index in [4.69, 9.17) is 0 Å². The van der Waals surface area contributed by atoms with Gasteiger partial charge in [0.05, 0.1) is 11.7 Å². The number of halogens is 1. The molecule has 0 N–H and O–H groups in total. The molecule has 0 amide bonds. The lowest BCUT2D eigenvalue weighted by atomic mass is 10.0. The van der Waals surface area contributed by atoms with Gasteiger partial charge in [0.1, 0.15) is 0 Å². The van der Waals surface area contributed by atoms with E-state index < -0.39 is 5.97 Å². The van der Waals surface area contributed by atoms with Crippen LogP contribution in [0.1, 0.15) is 27.2 Å². The summed E-state index contributed by atoms with van der Waals surface area (Å²) in [5.74, 6) is -1.16. The van der Waals surface area contributed by atoms with Crippen LogP contribution in [0.4, 0.5) is 0 Å². The minimum atomic E-state index is -1.16. The maximum Gasteiger partial charge on any atom is 0.0733 e. The number of hydrogen-bond acceptors (Lipinski definition) is 2. The number of carboxylic acid groups (broad SMARTS) is 1. The van der Waals surface area contributed by atoms with Crippen molar-refractivity contribution in [3.8, 4) is 16.9 Å². The molecular weight excluding hydrogens is 366 g/mol. The van der Waals surface area contributed by atoms with Gasteiger partial charge in [0.2, 0.25) is 0 Å². The minimum absolute atomic E-state index is 0.214. The molecule has 0 fully saturated rings. The number of benzene rings is 2. The molecule has 1 heterocycles. The van der Waals surface area contributed by atoms with Crippen LogP contribution in [0.15, 0.2) is 53.0 Å². The minimum Gasteiger partial charge on any atom is -0.545 e.